The Balaban J connectivity index is 1.76. The summed E-state index contributed by atoms with van der Waals surface area (Å²) < 4.78 is 12.5. The Labute approximate surface area is 151 Å². The molecule has 4 rings (SSSR count). The standard InChI is InChI=1S/C20H18N4O2/c1-25-17-9-8-15(13-18(17)26-2)16-10-11-21-20-22-19(23-24(16)20)12-14-6-4-3-5-7-14/h3-11,13H,12H2,1-2H3. The van der Waals surface area contributed by atoms with E-state index in [2.05, 4.69) is 27.2 Å². The Morgan fingerprint density at radius 3 is 2.50 bits per heavy atom. The maximum absolute atomic E-state index is 5.41. The highest BCUT2D eigenvalue weighted by atomic mass is 16.5. The molecule has 26 heavy (non-hydrogen) atoms. The van der Waals surface area contributed by atoms with Crippen LogP contribution in [0, 0.1) is 0 Å². The van der Waals surface area contributed by atoms with Gasteiger partial charge in [0.2, 0.25) is 0 Å². The number of hydrogen-bond donors (Lipinski definition) is 0. The number of nitrogens with zero attached hydrogens (tertiary/aromatic N) is 4. The van der Waals surface area contributed by atoms with E-state index in [1.807, 2.05) is 42.5 Å². The molecule has 0 aliphatic carbocycles. The molecular formula is C20H18N4O2. The molecule has 0 aliphatic heterocycles. The normalized spacial score (nSPS) is 10.8. The Bertz CT molecular complexity index is 1040. The molecule has 0 spiro atoms. The van der Waals surface area contributed by atoms with E-state index in [9.17, 15) is 0 Å². The molecule has 0 radical (unpaired) electrons. The fourth-order valence-corrected chi connectivity index (χ4v) is 2.90. The van der Waals surface area contributed by atoms with Gasteiger partial charge < -0.3 is 9.47 Å². The summed E-state index contributed by atoms with van der Waals surface area (Å²) in [6.45, 7) is 0. The third-order valence-corrected chi connectivity index (χ3v) is 4.17. The van der Waals surface area contributed by atoms with E-state index < -0.39 is 0 Å². The minimum absolute atomic E-state index is 0.572. The van der Waals surface area contributed by atoms with E-state index in [1.54, 1.807) is 24.9 Å². The second kappa shape index (κ2) is 6.84. The van der Waals surface area contributed by atoms with Crippen LogP contribution in [0.3, 0.4) is 0 Å². The largest absolute Gasteiger partial charge is 0.493 e. The number of methoxy groups -OCH3 is 2. The van der Waals surface area contributed by atoms with Crippen molar-refractivity contribution in [2.75, 3.05) is 14.2 Å². The number of aromatic nitrogens is 4. The van der Waals surface area contributed by atoms with Gasteiger partial charge in [-0.3, -0.25) is 0 Å². The molecule has 0 aliphatic rings. The lowest BCUT2D eigenvalue weighted by Gasteiger charge is -2.10. The molecule has 0 fully saturated rings. The minimum Gasteiger partial charge on any atom is -0.493 e. The number of rotatable bonds is 5. The van der Waals surface area contributed by atoms with Crippen molar-refractivity contribution in [1.29, 1.82) is 0 Å². The second-order valence-electron chi connectivity index (χ2n) is 5.80. The number of fused-ring (bicyclic) bond motifs is 1. The van der Waals surface area contributed by atoms with Gasteiger partial charge in [-0.15, -0.1) is 5.10 Å². The van der Waals surface area contributed by atoms with Crippen molar-refractivity contribution in [2.24, 2.45) is 0 Å². The van der Waals surface area contributed by atoms with Crippen molar-refractivity contribution in [3.05, 3.63) is 72.2 Å². The highest BCUT2D eigenvalue weighted by Crippen LogP contribution is 2.32. The number of benzene rings is 2. The Morgan fingerprint density at radius 2 is 1.73 bits per heavy atom. The van der Waals surface area contributed by atoms with Gasteiger partial charge in [-0.1, -0.05) is 30.3 Å². The fraction of sp³-hybridized carbons (Fsp3) is 0.150. The highest BCUT2D eigenvalue weighted by Gasteiger charge is 2.12. The van der Waals surface area contributed by atoms with Crippen LogP contribution in [-0.2, 0) is 6.42 Å². The maximum Gasteiger partial charge on any atom is 0.252 e. The third-order valence-electron chi connectivity index (χ3n) is 4.17. The Hall–Kier alpha value is -3.41. The fourth-order valence-electron chi connectivity index (χ4n) is 2.90. The van der Waals surface area contributed by atoms with Gasteiger partial charge in [-0.25, -0.2) is 4.98 Å². The summed E-state index contributed by atoms with van der Waals surface area (Å²) >= 11 is 0. The van der Waals surface area contributed by atoms with Gasteiger partial charge in [-0.05, 0) is 29.8 Å². The van der Waals surface area contributed by atoms with Gasteiger partial charge in [0.05, 0.1) is 19.9 Å². The molecule has 6 nitrogen and oxygen atoms in total. The van der Waals surface area contributed by atoms with Crippen LogP contribution in [0.2, 0.25) is 0 Å². The van der Waals surface area contributed by atoms with E-state index in [4.69, 9.17) is 9.47 Å². The third kappa shape index (κ3) is 2.97. The van der Waals surface area contributed by atoms with Gasteiger partial charge in [0.1, 0.15) is 0 Å². The molecule has 0 saturated carbocycles. The van der Waals surface area contributed by atoms with Crippen molar-refractivity contribution in [1.82, 2.24) is 19.6 Å². The Kier molecular flexibility index (Phi) is 4.23. The first-order valence-corrected chi connectivity index (χ1v) is 8.25. The number of ether oxygens (including phenoxy) is 2. The lowest BCUT2D eigenvalue weighted by molar-refractivity contribution is 0.355. The Morgan fingerprint density at radius 1 is 0.923 bits per heavy atom. The second-order valence-corrected chi connectivity index (χ2v) is 5.80. The van der Waals surface area contributed by atoms with Crippen molar-refractivity contribution >= 4 is 5.78 Å². The van der Waals surface area contributed by atoms with Crippen LogP contribution >= 0.6 is 0 Å². The molecule has 2 heterocycles. The number of hydrogen-bond acceptors (Lipinski definition) is 5. The molecule has 6 heteroatoms. The monoisotopic (exact) mass is 346 g/mol. The molecule has 2 aromatic carbocycles. The summed E-state index contributed by atoms with van der Waals surface area (Å²) in [5, 5.41) is 4.65. The SMILES string of the molecule is COc1ccc(-c2ccnc3nc(Cc4ccccc4)nn23)cc1OC. The van der Waals surface area contributed by atoms with E-state index in [1.165, 1.54) is 0 Å². The van der Waals surface area contributed by atoms with Crippen molar-refractivity contribution in [2.45, 2.75) is 6.42 Å². The molecule has 0 bridgehead atoms. The zero-order chi connectivity index (χ0) is 17.9. The first kappa shape index (κ1) is 16.1. The van der Waals surface area contributed by atoms with Gasteiger partial charge in [0.25, 0.3) is 5.78 Å². The minimum atomic E-state index is 0.572. The molecule has 0 saturated heterocycles. The molecule has 0 N–H and O–H groups in total. The summed E-state index contributed by atoms with van der Waals surface area (Å²) in [6, 6.07) is 17.8. The average Bonchev–Trinajstić information content (AvgIpc) is 3.10. The summed E-state index contributed by atoms with van der Waals surface area (Å²) in [4.78, 5) is 8.89. The zero-order valence-corrected chi connectivity index (χ0v) is 14.6. The quantitative estimate of drug-likeness (QED) is 0.554. The molecule has 2 aromatic heterocycles. The van der Waals surface area contributed by atoms with Gasteiger partial charge >= 0.3 is 0 Å². The van der Waals surface area contributed by atoms with Crippen molar-refractivity contribution < 1.29 is 9.47 Å². The van der Waals surface area contributed by atoms with Crippen LogP contribution in [0.25, 0.3) is 17.0 Å². The molecule has 4 aromatic rings. The smallest absolute Gasteiger partial charge is 0.252 e. The van der Waals surface area contributed by atoms with Crippen LogP contribution in [0.4, 0.5) is 0 Å². The molecule has 0 amide bonds. The summed E-state index contributed by atoms with van der Waals surface area (Å²) in [6.07, 6.45) is 2.40. The molecule has 130 valence electrons. The molecular weight excluding hydrogens is 328 g/mol. The average molecular weight is 346 g/mol. The van der Waals surface area contributed by atoms with E-state index in [0.717, 1.165) is 22.6 Å². The predicted molar refractivity (Wildman–Crippen MR) is 98.6 cm³/mol. The first-order chi connectivity index (χ1) is 12.8. The van der Waals surface area contributed by atoms with Crippen molar-refractivity contribution in [3.63, 3.8) is 0 Å². The molecule has 0 atom stereocenters. The zero-order valence-electron chi connectivity index (χ0n) is 14.6. The molecule has 0 unspecified atom stereocenters. The van der Waals surface area contributed by atoms with E-state index in [0.29, 0.717) is 23.7 Å². The van der Waals surface area contributed by atoms with E-state index >= 15 is 0 Å². The summed E-state index contributed by atoms with van der Waals surface area (Å²) in [5.41, 5.74) is 3.00. The summed E-state index contributed by atoms with van der Waals surface area (Å²) in [5.74, 6) is 2.66. The van der Waals surface area contributed by atoms with Crippen LogP contribution in [0.1, 0.15) is 11.4 Å². The maximum atomic E-state index is 5.41. The lowest BCUT2D eigenvalue weighted by atomic mass is 10.1. The highest BCUT2D eigenvalue weighted by molar-refractivity contribution is 5.65. The lowest BCUT2D eigenvalue weighted by Crippen LogP contribution is -1.98. The first-order valence-electron chi connectivity index (χ1n) is 8.25. The van der Waals surface area contributed by atoms with Gasteiger partial charge in [0, 0.05) is 18.2 Å². The predicted octanol–water partition coefficient (Wildman–Crippen LogP) is 3.40. The van der Waals surface area contributed by atoms with Gasteiger partial charge in [0.15, 0.2) is 17.3 Å². The van der Waals surface area contributed by atoms with Crippen molar-refractivity contribution in [3.8, 4) is 22.8 Å². The van der Waals surface area contributed by atoms with Gasteiger partial charge in [-0.2, -0.15) is 9.50 Å². The topological polar surface area (TPSA) is 61.5 Å². The van der Waals surface area contributed by atoms with Crippen LogP contribution < -0.4 is 9.47 Å². The van der Waals surface area contributed by atoms with Crippen LogP contribution in [0.15, 0.2) is 60.8 Å². The van der Waals surface area contributed by atoms with E-state index in [-0.39, 0.29) is 0 Å². The van der Waals surface area contributed by atoms with Crippen LogP contribution in [0.5, 0.6) is 11.5 Å². The van der Waals surface area contributed by atoms with Crippen LogP contribution in [-0.4, -0.2) is 33.8 Å². The summed E-state index contributed by atoms with van der Waals surface area (Å²) in [7, 11) is 3.24.